The van der Waals surface area contributed by atoms with Crippen LogP contribution < -0.4 is 10.1 Å². The van der Waals surface area contributed by atoms with Crippen molar-refractivity contribution in [2.75, 3.05) is 44.6 Å². The largest absolute Gasteiger partial charge is 0.494 e. The van der Waals surface area contributed by atoms with Gasteiger partial charge in [0.1, 0.15) is 5.75 Å². The number of amides is 1. The zero-order valence-electron chi connectivity index (χ0n) is 20.2. The maximum atomic E-state index is 12.1. The monoisotopic (exact) mass is 458 g/mol. The van der Waals surface area contributed by atoms with Crippen molar-refractivity contribution in [3.63, 3.8) is 0 Å². The number of carbonyl (C=O) groups excluding carboxylic acids is 1. The highest BCUT2D eigenvalue weighted by molar-refractivity contribution is 6.05. The quantitative estimate of drug-likeness (QED) is 0.506. The van der Waals surface area contributed by atoms with Crippen LogP contribution in [0.1, 0.15) is 37.9 Å². The zero-order valence-corrected chi connectivity index (χ0v) is 20.2. The summed E-state index contributed by atoms with van der Waals surface area (Å²) < 4.78 is 5.95. The topological polar surface area (TPSA) is 57.7 Å². The molecule has 2 aliphatic heterocycles. The van der Waals surface area contributed by atoms with E-state index in [2.05, 4.69) is 51.5 Å². The molecule has 0 radical (unpaired) electrons. The second-order valence-electron chi connectivity index (χ2n) is 9.96. The second-order valence-corrected chi connectivity index (χ2v) is 9.96. The molecule has 2 aliphatic rings. The van der Waals surface area contributed by atoms with Gasteiger partial charge in [-0.3, -0.25) is 14.7 Å². The summed E-state index contributed by atoms with van der Waals surface area (Å²) in [5, 5.41) is 4.17. The SMILES string of the molecule is CC1(C)C(=O)Nc2cc(OCCCCN3CCN(Cc4ccc5ccccc5n4)CC3)ccc21. The Kier molecular flexibility index (Phi) is 6.53. The molecule has 178 valence electrons. The van der Waals surface area contributed by atoms with E-state index in [4.69, 9.17) is 9.72 Å². The fraction of sp³-hybridized carbons (Fsp3) is 0.429. The Morgan fingerprint density at radius 2 is 1.76 bits per heavy atom. The van der Waals surface area contributed by atoms with Gasteiger partial charge in [-0.1, -0.05) is 30.3 Å². The van der Waals surface area contributed by atoms with Crippen LogP contribution in [-0.4, -0.2) is 60.0 Å². The number of carbonyl (C=O) groups is 1. The molecule has 6 nitrogen and oxygen atoms in total. The summed E-state index contributed by atoms with van der Waals surface area (Å²) in [6.45, 7) is 11.0. The lowest BCUT2D eigenvalue weighted by molar-refractivity contribution is -0.119. The highest BCUT2D eigenvalue weighted by Gasteiger charge is 2.38. The van der Waals surface area contributed by atoms with Gasteiger partial charge in [0.2, 0.25) is 5.91 Å². The third kappa shape index (κ3) is 4.93. The number of nitrogens with one attached hydrogen (secondary N) is 1. The summed E-state index contributed by atoms with van der Waals surface area (Å²) in [6.07, 6.45) is 2.15. The van der Waals surface area contributed by atoms with Gasteiger partial charge in [0.05, 0.1) is 23.2 Å². The number of ether oxygens (including phenoxy) is 1. The van der Waals surface area contributed by atoms with Crippen molar-refractivity contribution < 1.29 is 9.53 Å². The van der Waals surface area contributed by atoms with Crippen LogP contribution in [0.15, 0.2) is 54.6 Å². The van der Waals surface area contributed by atoms with Crippen LogP contribution in [0.25, 0.3) is 10.9 Å². The Balaban J connectivity index is 1.00. The van der Waals surface area contributed by atoms with E-state index in [-0.39, 0.29) is 5.91 Å². The van der Waals surface area contributed by atoms with Gasteiger partial charge in [-0.25, -0.2) is 0 Å². The van der Waals surface area contributed by atoms with Crippen molar-refractivity contribution in [2.45, 2.75) is 38.6 Å². The molecule has 0 atom stereocenters. The molecule has 0 saturated carbocycles. The lowest BCUT2D eigenvalue weighted by Gasteiger charge is -2.34. The Bertz CT molecular complexity index is 1170. The van der Waals surface area contributed by atoms with Gasteiger partial charge in [0.15, 0.2) is 0 Å². The molecule has 1 saturated heterocycles. The molecule has 1 N–H and O–H groups in total. The molecule has 6 heteroatoms. The molecule has 34 heavy (non-hydrogen) atoms. The Morgan fingerprint density at radius 3 is 2.62 bits per heavy atom. The molecule has 0 unspecified atom stereocenters. The number of pyridine rings is 1. The average molecular weight is 459 g/mol. The minimum atomic E-state index is -0.468. The predicted molar refractivity (Wildman–Crippen MR) is 136 cm³/mol. The second kappa shape index (κ2) is 9.72. The molecule has 1 fully saturated rings. The molecule has 0 spiro atoms. The van der Waals surface area contributed by atoms with E-state index in [1.165, 1.54) is 5.39 Å². The van der Waals surface area contributed by atoms with Crippen molar-refractivity contribution in [1.29, 1.82) is 0 Å². The van der Waals surface area contributed by atoms with E-state index >= 15 is 0 Å². The van der Waals surface area contributed by atoms with E-state index in [0.717, 1.165) is 80.3 Å². The number of anilines is 1. The zero-order chi connectivity index (χ0) is 23.5. The van der Waals surface area contributed by atoms with Crippen LogP contribution in [0, 0.1) is 0 Å². The highest BCUT2D eigenvalue weighted by atomic mass is 16.5. The third-order valence-corrected chi connectivity index (χ3v) is 7.12. The van der Waals surface area contributed by atoms with Crippen LogP contribution in [0.3, 0.4) is 0 Å². The molecule has 3 aromatic rings. The van der Waals surface area contributed by atoms with Gasteiger partial charge in [-0.15, -0.1) is 0 Å². The Labute approximate surface area is 201 Å². The fourth-order valence-electron chi connectivity index (χ4n) is 4.89. The number of para-hydroxylation sites is 1. The fourth-order valence-corrected chi connectivity index (χ4v) is 4.89. The van der Waals surface area contributed by atoms with E-state index < -0.39 is 5.41 Å². The van der Waals surface area contributed by atoms with E-state index in [1.807, 2.05) is 32.0 Å². The number of piperazine rings is 1. The number of rotatable bonds is 8. The van der Waals surface area contributed by atoms with E-state index in [1.54, 1.807) is 0 Å². The van der Waals surface area contributed by atoms with Crippen LogP contribution in [0.2, 0.25) is 0 Å². The van der Waals surface area contributed by atoms with Gasteiger partial charge in [-0.2, -0.15) is 0 Å². The number of aromatic nitrogens is 1. The number of unbranched alkanes of at least 4 members (excludes halogenated alkanes) is 1. The molecule has 2 aromatic carbocycles. The van der Waals surface area contributed by atoms with E-state index in [9.17, 15) is 4.79 Å². The van der Waals surface area contributed by atoms with Crippen molar-refractivity contribution in [3.05, 3.63) is 65.9 Å². The molecular weight excluding hydrogens is 424 g/mol. The van der Waals surface area contributed by atoms with Gasteiger partial charge < -0.3 is 15.0 Å². The summed E-state index contributed by atoms with van der Waals surface area (Å²) >= 11 is 0. The van der Waals surface area contributed by atoms with Crippen molar-refractivity contribution in [3.8, 4) is 5.75 Å². The normalized spacial score (nSPS) is 18.1. The lowest BCUT2D eigenvalue weighted by atomic mass is 9.86. The number of nitrogens with zero attached hydrogens (tertiary/aromatic N) is 3. The minimum Gasteiger partial charge on any atom is -0.494 e. The number of hydrogen-bond acceptors (Lipinski definition) is 5. The average Bonchev–Trinajstić information content (AvgIpc) is 3.07. The van der Waals surface area contributed by atoms with Crippen LogP contribution in [0.4, 0.5) is 5.69 Å². The van der Waals surface area contributed by atoms with Crippen LogP contribution >= 0.6 is 0 Å². The highest BCUT2D eigenvalue weighted by Crippen LogP contribution is 2.39. The number of benzene rings is 2. The van der Waals surface area contributed by atoms with Crippen molar-refractivity contribution >= 4 is 22.5 Å². The molecular formula is C28H34N4O2. The summed E-state index contributed by atoms with van der Waals surface area (Å²) in [4.78, 5) is 22.0. The third-order valence-electron chi connectivity index (χ3n) is 7.12. The summed E-state index contributed by atoms with van der Waals surface area (Å²) in [6, 6.07) is 18.6. The Hall–Kier alpha value is -2.96. The minimum absolute atomic E-state index is 0.0493. The van der Waals surface area contributed by atoms with Crippen LogP contribution in [-0.2, 0) is 16.8 Å². The van der Waals surface area contributed by atoms with Gasteiger partial charge in [0.25, 0.3) is 0 Å². The molecule has 0 bridgehead atoms. The Morgan fingerprint density at radius 1 is 0.971 bits per heavy atom. The first-order valence-electron chi connectivity index (χ1n) is 12.4. The summed E-state index contributed by atoms with van der Waals surface area (Å²) in [7, 11) is 0. The summed E-state index contributed by atoms with van der Waals surface area (Å²) in [5.74, 6) is 0.876. The summed E-state index contributed by atoms with van der Waals surface area (Å²) in [5.41, 5.74) is 3.68. The first-order valence-corrected chi connectivity index (χ1v) is 12.4. The lowest BCUT2D eigenvalue weighted by Crippen LogP contribution is -2.46. The smallest absolute Gasteiger partial charge is 0.234 e. The van der Waals surface area contributed by atoms with Crippen molar-refractivity contribution in [2.24, 2.45) is 0 Å². The molecule has 1 amide bonds. The molecule has 5 rings (SSSR count). The van der Waals surface area contributed by atoms with Gasteiger partial charge in [-0.05, 0) is 57.0 Å². The first kappa shape index (κ1) is 22.8. The van der Waals surface area contributed by atoms with Crippen molar-refractivity contribution in [1.82, 2.24) is 14.8 Å². The molecule has 1 aromatic heterocycles. The maximum Gasteiger partial charge on any atom is 0.234 e. The van der Waals surface area contributed by atoms with E-state index in [0.29, 0.717) is 6.61 Å². The number of fused-ring (bicyclic) bond motifs is 2. The standard InChI is InChI=1S/C28H34N4O2/c1-28(2)24-12-11-23(19-26(24)30-27(28)33)34-18-6-5-13-31-14-16-32(17-15-31)20-22-10-9-21-7-3-4-8-25(21)29-22/h3-4,7-12,19H,5-6,13-18,20H2,1-2H3,(H,30,33). The van der Waals surface area contributed by atoms with Gasteiger partial charge in [0, 0.05) is 49.9 Å². The van der Waals surface area contributed by atoms with Crippen LogP contribution in [0.5, 0.6) is 5.75 Å². The van der Waals surface area contributed by atoms with Gasteiger partial charge >= 0.3 is 0 Å². The molecule has 3 heterocycles. The maximum absolute atomic E-state index is 12.1. The first-order chi connectivity index (χ1) is 16.5. The number of hydrogen-bond donors (Lipinski definition) is 1. The molecule has 0 aliphatic carbocycles. The predicted octanol–water partition coefficient (Wildman–Crippen LogP) is 4.44.